The normalized spacial score (nSPS) is 53.1. The maximum atomic E-state index is 13.1. The van der Waals surface area contributed by atoms with Crippen LogP contribution in [-0.4, -0.2) is 96.4 Å². The van der Waals surface area contributed by atoms with E-state index in [2.05, 4.69) is 6.92 Å². The first-order valence-corrected chi connectivity index (χ1v) is 15.3. The molecule has 1 saturated heterocycles. The predicted molar refractivity (Wildman–Crippen MR) is 144 cm³/mol. The van der Waals surface area contributed by atoms with Gasteiger partial charge in [0.1, 0.15) is 31.2 Å². The van der Waals surface area contributed by atoms with Crippen molar-refractivity contribution in [2.75, 3.05) is 20.8 Å². The predicted octanol–water partition coefficient (Wildman–Crippen LogP) is 2.06. The van der Waals surface area contributed by atoms with Crippen LogP contribution >= 0.6 is 0 Å². The highest BCUT2D eigenvalue weighted by Crippen LogP contribution is 2.70. The maximum absolute atomic E-state index is 13.1. The lowest BCUT2D eigenvalue weighted by Crippen LogP contribution is -2.69. The van der Waals surface area contributed by atoms with Crippen LogP contribution < -0.4 is 0 Å². The van der Waals surface area contributed by atoms with Crippen molar-refractivity contribution in [2.24, 2.45) is 28.6 Å². The number of cyclic esters (lactones) is 1. The Bertz CT molecular complexity index is 1080. The van der Waals surface area contributed by atoms with E-state index in [1.165, 1.54) is 14.2 Å². The molecule has 10 heteroatoms. The van der Waals surface area contributed by atoms with Gasteiger partial charge in [0.25, 0.3) is 0 Å². The van der Waals surface area contributed by atoms with Crippen molar-refractivity contribution in [1.29, 1.82) is 0 Å². The molecule has 4 aliphatic carbocycles. The van der Waals surface area contributed by atoms with E-state index >= 15 is 0 Å². The minimum atomic E-state index is -1.27. The van der Waals surface area contributed by atoms with E-state index in [1.807, 2.05) is 0 Å². The highest BCUT2D eigenvalue weighted by Gasteiger charge is 2.71. The second kappa shape index (κ2) is 10.4. The van der Waals surface area contributed by atoms with Gasteiger partial charge in [0.05, 0.1) is 28.8 Å². The Balaban J connectivity index is 1.22. The SMILES string of the molecule is CO[C@H]1[C@H](O[C@H]2CC[C@]3(C=O)[C@H]4CC[C@]5(C)[C@@H](C6=CC(=O)OC6)CC[C@]5(O)[C@@H]4CC[C@]3(O)C2)O[C@H](C)[C@H](O)[C@@H]1OC. The Morgan fingerprint density at radius 2 is 1.73 bits per heavy atom. The molecule has 41 heavy (non-hydrogen) atoms. The molecule has 2 heterocycles. The molecule has 13 atom stereocenters. The van der Waals surface area contributed by atoms with E-state index in [1.54, 1.807) is 13.0 Å². The molecule has 0 aromatic rings. The third-order valence-corrected chi connectivity index (χ3v) is 12.5. The number of esters is 1. The zero-order valence-electron chi connectivity index (χ0n) is 24.6. The van der Waals surface area contributed by atoms with Crippen LogP contribution in [0.4, 0.5) is 0 Å². The molecule has 6 rings (SSSR count). The number of carbonyl (C=O) groups is 2. The number of fused-ring (bicyclic) bond motifs is 5. The average molecular weight is 579 g/mol. The van der Waals surface area contributed by atoms with Gasteiger partial charge in [-0.1, -0.05) is 6.92 Å². The van der Waals surface area contributed by atoms with Crippen LogP contribution in [0.1, 0.15) is 71.6 Å². The first-order valence-electron chi connectivity index (χ1n) is 15.3. The molecule has 0 amide bonds. The number of aliphatic hydroxyl groups is 3. The fraction of sp³-hybridized carbons (Fsp3) is 0.871. The molecule has 0 spiro atoms. The molecule has 0 radical (unpaired) electrons. The highest BCUT2D eigenvalue weighted by atomic mass is 16.7. The fourth-order valence-electron chi connectivity index (χ4n) is 10.2. The molecule has 0 unspecified atom stereocenters. The summed E-state index contributed by atoms with van der Waals surface area (Å²) < 4.78 is 28.7. The first-order chi connectivity index (χ1) is 19.5. The second-order valence-corrected chi connectivity index (χ2v) is 13.8. The summed E-state index contributed by atoms with van der Waals surface area (Å²) in [7, 11) is 3.04. The van der Waals surface area contributed by atoms with Gasteiger partial charge in [0.15, 0.2) is 6.29 Å². The van der Waals surface area contributed by atoms with Crippen molar-refractivity contribution < 1.29 is 48.6 Å². The topological polar surface area (TPSA) is 141 Å². The number of aldehydes is 1. The molecule has 230 valence electrons. The molecular formula is C31H46O10. The lowest BCUT2D eigenvalue weighted by atomic mass is 9.41. The first kappa shape index (κ1) is 29.7. The lowest BCUT2D eigenvalue weighted by molar-refractivity contribution is -0.323. The Kier molecular flexibility index (Phi) is 7.49. The van der Waals surface area contributed by atoms with Crippen LogP contribution in [0.15, 0.2) is 11.6 Å². The third kappa shape index (κ3) is 4.15. The van der Waals surface area contributed by atoms with E-state index < -0.39 is 52.7 Å². The molecule has 3 N–H and O–H groups in total. The number of hydrogen-bond donors (Lipinski definition) is 3. The number of rotatable bonds is 6. The molecule has 2 aliphatic heterocycles. The summed E-state index contributed by atoms with van der Waals surface area (Å²) in [4.78, 5) is 24.9. The van der Waals surface area contributed by atoms with E-state index in [-0.39, 0.29) is 36.2 Å². The van der Waals surface area contributed by atoms with Crippen molar-refractivity contribution in [3.8, 4) is 0 Å². The number of ether oxygens (including phenoxy) is 5. The number of aliphatic hydroxyl groups excluding tert-OH is 1. The molecular weight excluding hydrogens is 532 g/mol. The summed E-state index contributed by atoms with van der Waals surface area (Å²) in [5, 5.41) is 35.2. The van der Waals surface area contributed by atoms with Gasteiger partial charge in [0, 0.05) is 32.1 Å². The molecule has 0 bridgehead atoms. The van der Waals surface area contributed by atoms with Crippen molar-refractivity contribution in [3.05, 3.63) is 11.6 Å². The summed E-state index contributed by atoms with van der Waals surface area (Å²) >= 11 is 0. The highest BCUT2D eigenvalue weighted by molar-refractivity contribution is 5.85. The monoisotopic (exact) mass is 578 g/mol. The Hall–Kier alpha value is -1.40. The molecule has 4 saturated carbocycles. The van der Waals surface area contributed by atoms with E-state index in [0.717, 1.165) is 31.1 Å². The quantitative estimate of drug-likeness (QED) is 0.244. The minimum Gasteiger partial charge on any atom is -0.458 e. The molecule has 0 aromatic heterocycles. The molecule has 6 aliphatic rings. The minimum absolute atomic E-state index is 0.0677. The second-order valence-electron chi connectivity index (χ2n) is 13.8. The van der Waals surface area contributed by atoms with Crippen molar-refractivity contribution in [2.45, 2.75) is 120 Å². The van der Waals surface area contributed by atoms with Crippen LogP contribution in [-0.2, 0) is 33.3 Å². The zero-order chi connectivity index (χ0) is 29.4. The molecule has 10 nitrogen and oxygen atoms in total. The van der Waals surface area contributed by atoms with Gasteiger partial charge in [-0.15, -0.1) is 0 Å². The van der Waals surface area contributed by atoms with Crippen LogP contribution in [0.2, 0.25) is 0 Å². The number of methoxy groups -OCH3 is 2. The Morgan fingerprint density at radius 3 is 2.39 bits per heavy atom. The van der Waals surface area contributed by atoms with Gasteiger partial charge in [0.2, 0.25) is 0 Å². The van der Waals surface area contributed by atoms with Crippen LogP contribution in [0.5, 0.6) is 0 Å². The smallest absolute Gasteiger partial charge is 0.331 e. The summed E-state index contributed by atoms with van der Waals surface area (Å²) in [6.07, 6.45) is 3.93. The zero-order valence-corrected chi connectivity index (χ0v) is 24.6. The average Bonchev–Trinajstić information content (AvgIpc) is 3.49. The van der Waals surface area contributed by atoms with E-state index in [0.29, 0.717) is 38.7 Å². The third-order valence-electron chi connectivity index (χ3n) is 12.5. The van der Waals surface area contributed by atoms with Crippen molar-refractivity contribution in [1.82, 2.24) is 0 Å². The lowest BCUT2D eigenvalue weighted by Gasteiger charge is -2.65. The summed E-state index contributed by atoms with van der Waals surface area (Å²) in [6, 6.07) is 0. The molecule has 0 aromatic carbocycles. The van der Waals surface area contributed by atoms with Crippen LogP contribution in [0.3, 0.4) is 0 Å². The van der Waals surface area contributed by atoms with Gasteiger partial charge >= 0.3 is 5.97 Å². The van der Waals surface area contributed by atoms with Gasteiger partial charge in [-0.3, -0.25) is 0 Å². The number of hydrogen-bond acceptors (Lipinski definition) is 10. The Labute approximate surface area is 241 Å². The van der Waals surface area contributed by atoms with Crippen LogP contribution in [0.25, 0.3) is 0 Å². The molecule has 5 fully saturated rings. The van der Waals surface area contributed by atoms with Crippen molar-refractivity contribution in [3.63, 3.8) is 0 Å². The number of carbonyl (C=O) groups excluding carboxylic acids is 2. The largest absolute Gasteiger partial charge is 0.458 e. The van der Waals surface area contributed by atoms with Gasteiger partial charge < -0.3 is 43.8 Å². The van der Waals surface area contributed by atoms with E-state index in [9.17, 15) is 24.9 Å². The summed E-state index contributed by atoms with van der Waals surface area (Å²) in [5.74, 6) is -0.499. The van der Waals surface area contributed by atoms with Gasteiger partial charge in [-0.05, 0) is 81.6 Å². The summed E-state index contributed by atoms with van der Waals surface area (Å²) in [5.41, 5.74) is -2.66. The standard InChI is InChI=1S/C31H46O10/c1-17-24(34)25(37-3)26(38-4)27(40-17)41-19-5-10-29(16-32)21-6-9-28(2)20(18-13-23(33)39-15-18)8-12-31(28,36)22(21)7-11-30(29,35)14-19/h13,16-17,19-22,24-27,34-36H,5-12,14-15H2,1-4H3/t17-,19+,20-,21+,22-,24+,25+,26-,27+,28-,29+,30+,31+/m1/s1. The van der Waals surface area contributed by atoms with Crippen LogP contribution in [0, 0.1) is 28.6 Å². The van der Waals surface area contributed by atoms with Gasteiger partial charge in [-0.25, -0.2) is 4.79 Å². The van der Waals surface area contributed by atoms with Crippen molar-refractivity contribution >= 4 is 12.3 Å². The van der Waals surface area contributed by atoms with Gasteiger partial charge in [-0.2, -0.15) is 0 Å². The summed E-state index contributed by atoms with van der Waals surface area (Å²) in [6.45, 7) is 4.20. The van der Waals surface area contributed by atoms with E-state index in [4.69, 9.17) is 23.7 Å². The maximum Gasteiger partial charge on any atom is 0.331 e. The fourth-order valence-corrected chi connectivity index (χ4v) is 10.2. The Morgan fingerprint density at radius 1 is 1.00 bits per heavy atom.